The van der Waals surface area contributed by atoms with Crippen molar-refractivity contribution < 1.29 is 9.53 Å². The molecule has 76 valence electrons. The van der Waals surface area contributed by atoms with Gasteiger partial charge in [-0.15, -0.1) is 12.4 Å². The van der Waals surface area contributed by atoms with E-state index in [4.69, 9.17) is 10.1 Å². The molecule has 1 aromatic carbocycles. The summed E-state index contributed by atoms with van der Waals surface area (Å²) >= 11 is 0. The monoisotopic (exact) mass is 213 g/mol. The maximum atomic E-state index is 10.3. The van der Waals surface area contributed by atoms with Crippen molar-refractivity contribution in [1.82, 2.24) is 0 Å². The molecule has 1 rings (SSSR count). The summed E-state index contributed by atoms with van der Waals surface area (Å²) in [7, 11) is 0. The molecule has 0 aliphatic rings. The van der Waals surface area contributed by atoms with Crippen molar-refractivity contribution in [3.05, 3.63) is 35.4 Å². The Morgan fingerprint density at radius 1 is 1.43 bits per heavy atom. The molecule has 14 heavy (non-hydrogen) atoms. The number of hydrogen-bond donors (Lipinski definition) is 1. The van der Waals surface area contributed by atoms with Crippen LogP contribution in [0.5, 0.6) is 0 Å². The fourth-order valence-electron chi connectivity index (χ4n) is 0.941. The summed E-state index contributed by atoms with van der Waals surface area (Å²) in [6.07, 6.45) is 0.772. The Morgan fingerprint density at radius 3 is 2.43 bits per heavy atom. The van der Waals surface area contributed by atoms with Crippen molar-refractivity contribution in [1.29, 1.82) is 5.41 Å². The van der Waals surface area contributed by atoms with Crippen LogP contribution in [0.4, 0.5) is 0 Å². The number of hydrogen-bond acceptors (Lipinski definition) is 3. The lowest BCUT2D eigenvalue weighted by molar-refractivity contribution is 0.112. The van der Waals surface area contributed by atoms with Gasteiger partial charge in [-0.2, -0.15) is 0 Å². The Labute approximate surface area is 89.0 Å². The maximum Gasteiger partial charge on any atom is 0.213 e. The summed E-state index contributed by atoms with van der Waals surface area (Å²) in [5, 5.41) is 7.45. The lowest BCUT2D eigenvalue weighted by atomic mass is 10.1. The molecule has 4 heteroatoms. The summed E-state index contributed by atoms with van der Waals surface area (Å²) < 4.78 is 5.00. The third-order valence-corrected chi connectivity index (χ3v) is 1.60. The molecule has 0 aromatic heterocycles. The van der Waals surface area contributed by atoms with Gasteiger partial charge < -0.3 is 4.74 Å². The van der Waals surface area contributed by atoms with Gasteiger partial charge in [0.15, 0.2) is 0 Å². The standard InChI is InChI=1S/C10H11NO2.ClH/c1-2-13-10(11)9-5-3-8(7-12)4-6-9;/h3-7,11H,2H2,1H3;1H. The largest absolute Gasteiger partial charge is 0.478 e. The third-order valence-electron chi connectivity index (χ3n) is 1.60. The molecule has 0 saturated heterocycles. The molecule has 0 atom stereocenters. The number of carbonyl (C=O) groups excluding carboxylic acids is 1. The van der Waals surface area contributed by atoms with E-state index in [1.165, 1.54) is 0 Å². The molecule has 0 aliphatic carbocycles. The van der Waals surface area contributed by atoms with Crippen molar-refractivity contribution in [2.45, 2.75) is 6.92 Å². The van der Waals surface area contributed by atoms with Crippen LogP contribution < -0.4 is 0 Å². The lowest BCUT2D eigenvalue weighted by Crippen LogP contribution is -2.04. The van der Waals surface area contributed by atoms with Gasteiger partial charge in [0.25, 0.3) is 0 Å². The second-order valence-electron chi connectivity index (χ2n) is 2.50. The molecule has 0 bridgehead atoms. The van der Waals surface area contributed by atoms with E-state index in [1.54, 1.807) is 24.3 Å². The molecule has 0 fully saturated rings. The van der Waals surface area contributed by atoms with Gasteiger partial charge in [-0.1, -0.05) is 12.1 Å². The Hall–Kier alpha value is -1.35. The minimum absolute atomic E-state index is 0. The molecular weight excluding hydrogens is 202 g/mol. The molecule has 0 heterocycles. The Bertz CT molecular complexity index is 308. The van der Waals surface area contributed by atoms with E-state index in [0.717, 1.165) is 6.29 Å². The van der Waals surface area contributed by atoms with E-state index in [2.05, 4.69) is 0 Å². The van der Waals surface area contributed by atoms with Crippen molar-refractivity contribution in [3.63, 3.8) is 0 Å². The molecule has 3 nitrogen and oxygen atoms in total. The number of carbonyl (C=O) groups is 1. The highest BCUT2D eigenvalue weighted by Gasteiger charge is 2.00. The topological polar surface area (TPSA) is 50.1 Å². The zero-order valence-corrected chi connectivity index (χ0v) is 8.64. The average molecular weight is 214 g/mol. The van der Waals surface area contributed by atoms with E-state index in [0.29, 0.717) is 17.7 Å². The van der Waals surface area contributed by atoms with Crippen molar-refractivity contribution in [3.8, 4) is 0 Å². The molecule has 0 amide bonds. The zero-order valence-electron chi connectivity index (χ0n) is 7.82. The number of benzene rings is 1. The second kappa shape index (κ2) is 6.16. The van der Waals surface area contributed by atoms with Crippen molar-refractivity contribution in [2.24, 2.45) is 0 Å². The minimum Gasteiger partial charge on any atom is -0.478 e. The summed E-state index contributed by atoms with van der Waals surface area (Å²) in [5.74, 6) is 0.139. The van der Waals surface area contributed by atoms with Crippen molar-refractivity contribution in [2.75, 3.05) is 6.61 Å². The van der Waals surface area contributed by atoms with Gasteiger partial charge in [-0.05, 0) is 19.1 Å². The van der Waals surface area contributed by atoms with Crippen LogP contribution >= 0.6 is 12.4 Å². The van der Waals surface area contributed by atoms with E-state index in [1.807, 2.05) is 6.92 Å². The fourth-order valence-corrected chi connectivity index (χ4v) is 0.941. The normalized spacial score (nSPS) is 8.64. The first-order valence-corrected chi connectivity index (χ1v) is 4.05. The summed E-state index contributed by atoms with van der Waals surface area (Å²) in [6.45, 7) is 2.31. The summed E-state index contributed by atoms with van der Waals surface area (Å²) in [6, 6.07) is 6.72. The van der Waals surface area contributed by atoms with Crippen LogP contribution in [0, 0.1) is 5.41 Å². The number of ether oxygens (including phenoxy) is 1. The first-order chi connectivity index (χ1) is 6.27. The molecule has 1 N–H and O–H groups in total. The van der Waals surface area contributed by atoms with Gasteiger partial charge in [-0.3, -0.25) is 10.2 Å². The fraction of sp³-hybridized carbons (Fsp3) is 0.200. The first kappa shape index (κ1) is 12.7. The molecule has 1 aromatic rings. The van der Waals surface area contributed by atoms with Gasteiger partial charge in [-0.25, -0.2) is 0 Å². The highest BCUT2D eigenvalue weighted by molar-refractivity contribution is 5.92. The Balaban J connectivity index is 0.00000169. The number of rotatable bonds is 3. The highest BCUT2D eigenvalue weighted by Crippen LogP contribution is 2.03. The Kier molecular flexibility index (Phi) is 5.56. The average Bonchev–Trinajstić information content (AvgIpc) is 2.18. The number of halogens is 1. The molecule has 0 saturated carbocycles. The van der Waals surface area contributed by atoms with Crippen LogP contribution in [0.3, 0.4) is 0 Å². The second-order valence-corrected chi connectivity index (χ2v) is 2.50. The summed E-state index contributed by atoms with van der Waals surface area (Å²) in [4.78, 5) is 10.3. The SMILES string of the molecule is CCOC(=N)c1ccc(C=O)cc1.Cl. The molecule has 0 spiro atoms. The molecule has 0 radical (unpaired) electrons. The molecule has 0 aliphatic heterocycles. The Morgan fingerprint density at radius 2 is 2.00 bits per heavy atom. The van der Waals surface area contributed by atoms with E-state index >= 15 is 0 Å². The number of nitrogens with one attached hydrogen (secondary N) is 1. The smallest absolute Gasteiger partial charge is 0.213 e. The van der Waals surface area contributed by atoms with Crippen molar-refractivity contribution >= 4 is 24.6 Å². The van der Waals surface area contributed by atoms with Crippen LogP contribution in [-0.4, -0.2) is 18.8 Å². The lowest BCUT2D eigenvalue weighted by Gasteiger charge is -2.03. The summed E-state index contributed by atoms with van der Waals surface area (Å²) in [5.41, 5.74) is 1.29. The van der Waals surface area contributed by atoms with Crippen LogP contribution in [0.2, 0.25) is 0 Å². The van der Waals surface area contributed by atoms with Crippen LogP contribution in [-0.2, 0) is 4.74 Å². The van der Waals surface area contributed by atoms with Crippen LogP contribution in [0.25, 0.3) is 0 Å². The maximum absolute atomic E-state index is 10.3. The van der Waals surface area contributed by atoms with Crippen LogP contribution in [0.15, 0.2) is 24.3 Å². The van der Waals surface area contributed by atoms with E-state index < -0.39 is 0 Å². The van der Waals surface area contributed by atoms with Gasteiger partial charge in [0, 0.05) is 11.1 Å². The predicted molar refractivity (Wildman–Crippen MR) is 57.5 cm³/mol. The van der Waals surface area contributed by atoms with Crippen LogP contribution in [0.1, 0.15) is 22.8 Å². The minimum atomic E-state index is 0. The molecule has 0 unspecified atom stereocenters. The third kappa shape index (κ3) is 3.18. The zero-order chi connectivity index (χ0) is 9.68. The highest BCUT2D eigenvalue weighted by atomic mass is 35.5. The van der Waals surface area contributed by atoms with Gasteiger partial charge >= 0.3 is 0 Å². The quantitative estimate of drug-likeness (QED) is 0.476. The van der Waals surface area contributed by atoms with E-state index in [-0.39, 0.29) is 18.3 Å². The van der Waals surface area contributed by atoms with E-state index in [9.17, 15) is 4.79 Å². The van der Waals surface area contributed by atoms with Gasteiger partial charge in [0.2, 0.25) is 5.90 Å². The number of aldehydes is 1. The molecular formula is C10H12ClNO2. The van der Waals surface area contributed by atoms with Gasteiger partial charge in [0.1, 0.15) is 6.29 Å². The predicted octanol–water partition coefficient (Wildman–Crippen LogP) is 2.28. The van der Waals surface area contributed by atoms with Gasteiger partial charge in [0.05, 0.1) is 6.61 Å². The first-order valence-electron chi connectivity index (χ1n) is 4.05.